The molecule has 2 aromatic carbocycles. The number of rotatable bonds is 7. The molecule has 148 valence electrons. The first-order valence-electron chi connectivity index (χ1n) is 9.31. The minimum Gasteiger partial charge on any atom is -0.361 e. The zero-order chi connectivity index (χ0) is 20.2. The quantitative estimate of drug-likeness (QED) is 0.433. The molecule has 0 aliphatic heterocycles. The highest BCUT2D eigenvalue weighted by atomic mass is 32.2. The predicted molar refractivity (Wildman–Crippen MR) is 120 cm³/mol. The van der Waals surface area contributed by atoms with Crippen molar-refractivity contribution in [3.63, 3.8) is 0 Å². The summed E-state index contributed by atoms with van der Waals surface area (Å²) >= 11 is 3.28. The van der Waals surface area contributed by atoms with E-state index in [-0.39, 0.29) is 5.91 Å². The second-order valence-corrected chi connectivity index (χ2v) is 8.89. The molecule has 4 rings (SSSR count). The van der Waals surface area contributed by atoms with Crippen LogP contribution in [0.2, 0.25) is 0 Å². The highest BCUT2D eigenvalue weighted by Crippen LogP contribution is 2.24. The minimum absolute atomic E-state index is 0.0133. The van der Waals surface area contributed by atoms with Crippen molar-refractivity contribution in [1.29, 1.82) is 0 Å². The maximum atomic E-state index is 12.2. The molecule has 4 aromatic rings. The molecule has 5 nitrogen and oxygen atoms in total. The fourth-order valence-corrected chi connectivity index (χ4v) is 5.00. The Morgan fingerprint density at radius 1 is 1.14 bits per heavy atom. The highest BCUT2D eigenvalue weighted by Gasteiger charge is 2.10. The third-order valence-electron chi connectivity index (χ3n) is 4.59. The topological polar surface area (TPSA) is 68.0 Å². The Labute approximate surface area is 177 Å². The van der Waals surface area contributed by atoms with Gasteiger partial charge in [-0.2, -0.15) is 0 Å². The molecule has 0 aliphatic carbocycles. The van der Waals surface area contributed by atoms with E-state index < -0.39 is 0 Å². The number of para-hydroxylation sites is 1. The SMILES string of the molecule is Cc1noc(C)c1CSCC(=O)Nc1ccc(Cc2nc3ccccc3s2)cc1. The first-order chi connectivity index (χ1) is 14.1. The molecule has 0 fully saturated rings. The van der Waals surface area contributed by atoms with Crippen LogP contribution in [0.3, 0.4) is 0 Å². The van der Waals surface area contributed by atoms with Crippen molar-refractivity contribution in [1.82, 2.24) is 10.1 Å². The Hall–Kier alpha value is -2.64. The third-order valence-corrected chi connectivity index (χ3v) is 6.59. The molecule has 2 heterocycles. The Morgan fingerprint density at radius 2 is 1.93 bits per heavy atom. The van der Waals surface area contributed by atoms with Gasteiger partial charge in [-0.15, -0.1) is 23.1 Å². The zero-order valence-corrected chi connectivity index (χ0v) is 17.9. The lowest BCUT2D eigenvalue weighted by atomic mass is 10.1. The average molecular weight is 424 g/mol. The fraction of sp³-hybridized carbons (Fsp3) is 0.227. The fourth-order valence-electron chi connectivity index (χ4n) is 3.03. The second-order valence-electron chi connectivity index (χ2n) is 6.79. The summed E-state index contributed by atoms with van der Waals surface area (Å²) in [5.41, 5.74) is 4.99. The van der Waals surface area contributed by atoms with Gasteiger partial charge < -0.3 is 9.84 Å². The van der Waals surface area contributed by atoms with E-state index >= 15 is 0 Å². The van der Waals surface area contributed by atoms with Gasteiger partial charge in [-0.3, -0.25) is 4.79 Å². The number of carbonyl (C=O) groups excluding carboxylic acids is 1. The van der Waals surface area contributed by atoms with Crippen LogP contribution in [-0.4, -0.2) is 21.8 Å². The van der Waals surface area contributed by atoms with Gasteiger partial charge in [-0.1, -0.05) is 29.4 Å². The van der Waals surface area contributed by atoms with Crippen molar-refractivity contribution in [2.45, 2.75) is 26.0 Å². The van der Waals surface area contributed by atoms with E-state index in [1.165, 1.54) is 10.3 Å². The molecule has 29 heavy (non-hydrogen) atoms. The Morgan fingerprint density at radius 3 is 2.66 bits per heavy atom. The summed E-state index contributed by atoms with van der Waals surface area (Å²) in [7, 11) is 0. The molecule has 0 unspecified atom stereocenters. The minimum atomic E-state index is -0.0133. The molecule has 2 aromatic heterocycles. The van der Waals surface area contributed by atoms with Gasteiger partial charge in [0.05, 0.1) is 26.7 Å². The van der Waals surface area contributed by atoms with Crippen LogP contribution < -0.4 is 5.32 Å². The molecule has 1 amide bonds. The van der Waals surface area contributed by atoms with Gasteiger partial charge in [-0.05, 0) is 43.7 Å². The van der Waals surface area contributed by atoms with Gasteiger partial charge in [0.2, 0.25) is 5.91 Å². The van der Waals surface area contributed by atoms with Crippen molar-refractivity contribution >= 4 is 44.9 Å². The summed E-state index contributed by atoms with van der Waals surface area (Å²) in [4.78, 5) is 16.9. The molecule has 0 bridgehead atoms. The Bertz CT molecular complexity index is 1080. The lowest BCUT2D eigenvalue weighted by molar-refractivity contribution is -0.113. The molecule has 0 aliphatic rings. The summed E-state index contributed by atoms with van der Waals surface area (Å²) in [6.45, 7) is 3.81. The highest BCUT2D eigenvalue weighted by molar-refractivity contribution is 7.99. The maximum Gasteiger partial charge on any atom is 0.234 e. The largest absolute Gasteiger partial charge is 0.361 e. The van der Waals surface area contributed by atoms with E-state index in [0.717, 1.165) is 45.4 Å². The molecule has 1 N–H and O–H groups in total. The normalized spacial score (nSPS) is 11.1. The number of thioether (sulfide) groups is 1. The number of carbonyl (C=O) groups is 1. The molecular formula is C22H21N3O2S2. The molecule has 7 heteroatoms. The Kier molecular flexibility index (Phi) is 5.97. The van der Waals surface area contributed by atoms with E-state index in [1.54, 1.807) is 23.1 Å². The number of hydrogen-bond donors (Lipinski definition) is 1. The first-order valence-corrected chi connectivity index (χ1v) is 11.3. The molecule has 0 spiro atoms. The van der Waals surface area contributed by atoms with Gasteiger partial charge in [0.1, 0.15) is 5.76 Å². The van der Waals surface area contributed by atoms with E-state index in [2.05, 4.69) is 21.5 Å². The summed E-state index contributed by atoms with van der Waals surface area (Å²) in [6.07, 6.45) is 0.793. The summed E-state index contributed by atoms with van der Waals surface area (Å²) in [5, 5.41) is 7.99. The smallest absolute Gasteiger partial charge is 0.234 e. The number of aromatic nitrogens is 2. The van der Waals surface area contributed by atoms with E-state index in [4.69, 9.17) is 4.52 Å². The van der Waals surface area contributed by atoms with Crippen molar-refractivity contribution in [2.75, 3.05) is 11.1 Å². The van der Waals surface area contributed by atoms with Crippen LogP contribution in [0.15, 0.2) is 53.1 Å². The summed E-state index contributed by atoms with van der Waals surface area (Å²) < 4.78 is 6.36. The number of nitrogens with one attached hydrogen (secondary N) is 1. The summed E-state index contributed by atoms with van der Waals surface area (Å²) in [5.74, 6) is 1.91. The number of thiazole rings is 1. The number of hydrogen-bond acceptors (Lipinski definition) is 6. The van der Waals surface area contributed by atoms with E-state index in [1.807, 2.05) is 56.3 Å². The predicted octanol–water partition coefficient (Wildman–Crippen LogP) is 5.36. The van der Waals surface area contributed by atoms with Gasteiger partial charge >= 0.3 is 0 Å². The molecule has 0 saturated carbocycles. The Balaban J connectivity index is 1.29. The van der Waals surface area contributed by atoms with Crippen molar-refractivity contribution in [3.8, 4) is 0 Å². The van der Waals surface area contributed by atoms with Crippen LogP contribution in [0.25, 0.3) is 10.2 Å². The lowest BCUT2D eigenvalue weighted by Crippen LogP contribution is -2.14. The number of aryl methyl sites for hydroxylation is 2. The van der Waals surface area contributed by atoms with Crippen LogP contribution in [0, 0.1) is 13.8 Å². The monoisotopic (exact) mass is 423 g/mol. The standard InChI is InChI=1S/C22H21N3O2S2/c1-14-18(15(2)27-25-14)12-28-13-21(26)23-17-9-7-16(8-10-17)11-22-24-19-5-3-4-6-20(19)29-22/h3-10H,11-13H2,1-2H3,(H,23,26). The van der Waals surface area contributed by atoms with Crippen molar-refractivity contribution < 1.29 is 9.32 Å². The van der Waals surface area contributed by atoms with Crippen molar-refractivity contribution in [2.24, 2.45) is 0 Å². The third kappa shape index (κ3) is 4.86. The van der Waals surface area contributed by atoms with Gasteiger partial charge in [0, 0.05) is 23.4 Å². The first kappa shape index (κ1) is 19.7. The van der Waals surface area contributed by atoms with Gasteiger partial charge in [0.25, 0.3) is 0 Å². The molecule has 0 atom stereocenters. The number of benzene rings is 2. The van der Waals surface area contributed by atoms with E-state index in [9.17, 15) is 4.79 Å². The molecule has 0 saturated heterocycles. The number of anilines is 1. The molecular weight excluding hydrogens is 402 g/mol. The second kappa shape index (κ2) is 8.80. The van der Waals surface area contributed by atoms with E-state index in [0.29, 0.717) is 5.75 Å². The van der Waals surface area contributed by atoms with Crippen LogP contribution in [-0.2, 0) is 17.0 Å². The van der Waals surface area contributed by atoms with Crippen LogP contribution in [0.5, 0.6) is 0 Å². The summed E-state index contributed by atoms with van der Waals surface area (Å²) in [6, 6.07) is 16.2. The maximum absolute atomic E-state index is 12.2. The van der Waals surface area contributed by atoms with Crippen LogP contribution in [0.4, 0.5) is 5.69 Å². The van der Waals surface area contributed by atoms with Crippen LogP contribution in [0.1, 0.15) is 27.6 Å². The van der Waals surface area contributed by atoms with Crippen molar-refractivity contribution in [3.05, 3.63) is 76.1 Å². The number of amides is 1. The number of fused-ring (bicyclic) bond motifs is 1. The number of nitrogens with zero attached hydrogens (tertiary/aromatic N) is 2. The lowest BCUT2D eigenvalue weighted by Gasteiger charge is -2.06. The molecule has 0 radical (unpaired) electrons. The average Bonchev–Trinajstić information content (AvgIpc) is 3.26. The zero-order valence-electron chi connectivity index (χ0n) is 16.3. The van der Waals surface area contributed by atoms with Crippen LogP contribution >= 0.6 is 23.1 Å². The van der Waals surface area contributed by atoms with Gasteiger partial charge in [0.15, 0.2) is 0 Å². The van der Waals surface area contributed by atoms with Gasteiger partial charge in [-0.25, -0.2) is 4.98 Å².